The van der Waals surface area contributed by atoms with Crippen LogP contribution in [0.3, 0.4) is 0 Å². The van der Waals surface area contributed by atoms with Crippen molar-refractivity contribution in [3.8, 4) is 0 Å². The highest BCUT2D eigenvalue weighted by Crippen LogP contribution is 2.01. The van der Waals surface area contributed by atoms with Crippen molar-refractivity contribution in [2.24, 2.45) is 0 Å². The van der Waals surface area contributed by atoms with Crippen molar-refractivity contribution in [2.75, 3.05) is 25.1 Å². The van der Waals surface area contributed by atoms with Crippen LogP contribution in [-0.4, -0.2) is 48.1 Å². The zero-order valence-electron chi connectivity index (χ0n) is 12.6. The SMILES string of the molecule is CSCCC(NC(=O)CNC/C=C/c1ccccc1)C(=O)O. The molecule has 22 heavy (non-hydrogen) atoms. The first-order valence-electron chi connectivity index (χ1n) is 7.07. The van der Waals surface area contributed by atoms with Gasteiger partial charge in [-0.15, -0.1) is 0 Å². The molecular formula is C16H22N2O3S. The van der Waals surface area contributed by atoms with Crippen LogP contribution in [0, 0.1) is 0 Å². The first-order chi connectivity index (χ1) is 10.6. The summed E-state index contributed by atoms with van der Waals surface area (Å²) in [6, 6.07) is 9.04. The van der Waals surface area contributed by atoms with Crippen LogP contribution in [0.15, 0.2) is 36.4 Å². The number of hydrogen-bond acceptors (Lipinski definition) is 4. The topological polar surface area (TPSA) is 78.4 Å². The second-order valence-corrected chi connectivity index (χ2v) is 5.67. The molecule has 1 atom stereocenters. The van der Waals surface area contributed by atoms with Gasteiger partial charge in [-0.05, 0) is 24.0 Å². The summed E-state index contributed by atoms with van der Waals surface area (Å²) in [6.45, 7) is 0.646. The van der Waals surface area contributed by atoms with E-state index in [4.69, 9.17) is 5.11 Å². The Morgan fingerprint density at radius 1 is 1.32 bits per heavy atom. The van der Waals surface area contributed by atoms with E-state index in [1.807, 2.05) is 48.7 Å². The van der Waals surface area contributed by atoms with E-state index in [0.29, 0.717) is 18.7 Å². The molecule has 1 rings (SSSR count). The molecule has 1 aromatic rings. The molecule has 0 fully saturated rings. The number of carboxylic acids is 1. The molecule has 5 nitrogen and oxygen atoms in total. The van der Waals surface area contributed by atoms with Gasteiger partial charge in [-0.1, -0.05) is 42.5 Å². The number of amides is 1. The predicted molar refractivity (Wildman–Crippen MR) is 90.9 cm³/mol. The summed E-state index contributed by atoms with van der Waals surface area (Å²) in [5, 5.41) is 14.5. The Balaban J connectivity index is 2.24. The van der Waals surface area contributed by atoms with Gasteiger partial charge >= 0.3 is 5.97 Å². The maximum absolute atomic E-state index is 11.7. The Morgan fingerprint density at radius 2 is 2.05 bits per heavy atom. The molecule has 120 valence electrons. The zero-order valence-corrected chi connectivity index (χ0v) is 13.4. The number of rotatable bonds is 10. The van der Waals surface area contributed by atoms with Crippen molar-refractivity contribution >= 4 is 29.7 Å². The number of carboxylic acid groups (broad SMARTS) is 1. The van der Waals surface area contributed by atoms with Crippen LogP contribution in [0.1, 0.15) is 12.0 Å². The lowest BCUT2D eigenvalue weighted by atomic mass is 10.2. The first kappa shape index (κ1) is 18.3. The molecule has 0 aromatic heterocycles. The summed E-state index contributed by atoms with van der Waals surface area (Å²) in [4.78, 5) is 22.7. The van der Waals surface area contributed by atoms with E-state index in [9.17, 15) is 9.59 Å². The molecule has 0 saturated heterocycles. The van der Waals surface area contributed by atoms with E-state index in [0.717, 1.165) is 5.56 Å². The number of nitrogens with one attached hydrogen (secondary N) is 2. The number of aliphatic carboxylic acids is 1. The molecule has 1 unspecified atom stereocenters. The Bertz CT molecular complexity index is 491. The van der Waals surface area contributed by atoms with Crippen LogP contribution in [0.2, 0.25) is 0 Å². The smallest absolute Gasteiger partial charge is 0.326 e. The van der Waals surface area contributed by atoms with E-state index in [1.165, 1.54) is 0 Å². The number of benzene rings is 1. The fourth-order valence-corrected chi connectivity index (χ4v) is 2.24. The normalized spacial score (nSPS) is 12.2. The molecule has 6 heteroatoms. The third kappa shape index (κ3) is 7.85. The lowest BCUT2D eigenvalue weighted by Gasteiger charge is -2.13. The van der Waals surface area contributed by atoms with Gasteiger partial charge in [0.2, 0.25) is 5.91 Å². The van der Waals surface area contributed by atoms with Gasteiger partial charge in [0.25, 0.3) is 0 Å². The standard InChI is InChI=1S/C16H22N2O3S/c1-22-11-9-14(16(20)21)18-15(19)12-17-10-5-8-13-6-3-2-4-7-13/h2-8,14,17H,9-12H2,1H3,(H,18,19)(H,20,21)/b8-5+. The molecule has 0 saturated carbocycles. The van der Waals surface area contributed by atoms with E-state index in [1.54, 1.807) is 11.8 Å². The average Bonchev–Trinajstić information content (AvgIpc) is 2.51. The van der Waals surface area contributed by atoms with Crippen LogP contribution >= 0.6 is 11.8 Å². The fraction of sp³-hybridized carbons (Fsp3) is 0.375. The molecule has 0 heterocycles. The van der Waals surface area contributed by atoms with Gasteiger partial charge in [0.15, 0.2) is 0 Å². The summed E-state index contributed by atoms with van der Waals surface area (Å²) in [5.41, 5.74) is 1.09. The van der Waals surface area contributed by atoms with Crippen LogP contribution in [0.4, 0.5) is 0 Å². The Kier molecular flexibility index (Phi) is 9.02. The van der Waals surface area contributed by atoms with Crippen molar-refractivity contribution in [3.63, 3.8) is 0 Å². The number of thioether (sulfide) groups is 1. The highest BCUT2D eigenvalue weighted by molar-refractivity contribution is 7.98. The van der Waals surface area contributed by atoms with Gasteiger partial charge < -0.3 is 15.7 Å². The first-order valence-corrected chi connectivity index (χ1v) is 8.46. The molecule has 0 aliphatic carbocycles. The lowest BCUT2D eigenvalue weighted by molar-refractivity contribution is -0.141. The Hall–Kier alpha value is -1.79. The average molecular weight is 322 g/mol. The van der Waals surface area contributed by atoms with Crippen LogP contribution in [0.5, 0.6) is 0 Å². The molecule has 1 aromatic carbocycles. The highest BCUT2D eigenvalue weighted by atomic mass is 32.2. The molecule has 3 N–H and O–H groups in total. The molecule has 0 radical (unpaired) electrons. The lowest BCUT2D eigenvalue weighted by Crippen LogP contribution is -2.44. The van der Waals surface area contributed by atoms with Crippen LogP contribution in [-0.2, 0) is 9.59 Å². The summed E-state index contributed by atoms with van der Waals surface area (Å²) in [5.74, 6) is -0.599. The summed E-state index contributed by atoms with van der Waals surface area (Å²) in [6.07, 6.45) is 6.21. The van der Waals surface area contributed by atoms with Crippen molar-refractivity contribution in [1.82, 2.24) is 10.6 Å². The van der Waals surface area contributed by atoms with Gasteiger partial charge in [0.1, 0.15) is 6.04 Å². The minimum Gasteiger partial charge on any atom is -0.480 e. The van der Waals surface area contributed by atoms with Gasteiger partial charge in [0.05, 0.1) is 6.54 Å². The monoisotopic (exact) mass is 322 g/mol. The molecular weight excluding hydrogens is 300 g/mol. The van der Waals surface area contributed by atoms with Gasteiger partial charge in [0, 0.05) is 6.54 Å². The second kappa shape index (κ2) is 10.9. The number of hydrogen-bond donors (Lipinski definition) is 3. The Labute approximate surface area is 135 Å². The second-order valence-electron chi connectivity index (χ2n) is 4.68. The predicted octanol–water partition coefficient (Wildman–Crippen LogP) is 1.61. The van der Waals surface area contributed by atoms with Crippen molar-refractivity contribution in [2.45, 2.75) is 12.5 Å². The molecule has 0 bridgehead atoms. The molecule has 0 spiro atoms. The third-order valence-electron chi connectivity index (χ3n) is 2.90. The van der Waals surface area contributed by atoms with Crippen LogP contribution in [0.25, 0.3) is 6.08 Å². The van der Waals surface area contributed by atoms with Gasteiger partial charge in [-0.2, -0.15) is 11.8 Å². The van der Waals surface area contributed by atoms with E-state index >= 15 is 0 Å². The minimum absolute atomic E-state index is 0.0994. The Morgan fingerprint density at radius 3 is 2.68 bits per heavy atom. The molecule has 0 aliphatic rings. The van der Waals surface area contributed by atoms with Crippen molar-refractivity contribution in [3.05, 3.63) is 42.0 Å². The van der Waals surface area contributed by atoms with Crippen molar-refractivity contribution < 1.29 is 14.7 Å². The summed E-state index contributed by atoms with van der Waals surface area (Å²) < 4.78 is 0. The number of carbonyl (C=O) groups excluding carboxylic acids is 1. The summed E-state index contributed by atoms with van der Waals surface area (Å²) in [7, 11) is 0. The summed E-state index contributed by atoms with van der Waals surface area (Å²) >= 11 is 1.56. The maximum atomic E-state index is 11.7. The van der Waals surface area contributed by atoms with E-state index in [-0.39, 0.29) is 12.5 Å². The highest BCUT2D eigenvalue weighted by Gasteiger charge is 2.18. The van der Waals surface area contributed by atoms with E-state index in [2.05, 4.69) is 10.6 Å². The molecule has 0 aliphatic heterocycles. The van der Waals surface area contributed by atoms with Gasteiger partial charge in [-0.3, -0.25) is 4.79 Å². The van der Waals surface area contributed by atoms with Crippen LogP contribution < -0.4 is 10.6 Å². The number of carbonyl (C=O) groups is 2. The minimum atomic E-state index is -0.994. The van der Waals surface area contributed by atoms with E-state index < -0.39 is 12.0 Å². The largest absolute Gasteiger partial charge is 0.480 e. The zero-order chi connectivity index (χ0) is 16.2. The molecule has 1 amide bonds. The van der Waals surface area contributed by atoms with Crippen molar-refractivity contribution in [1.29, 1.82) is 0 Å². The third-order valence-corrected chi connectivity index (χ3v) is 3.55. The maximum Gasteiger partial charge on any atom is 0.326 e. The fourth-order valence-electron chi connectivity index (χ4n) is 1.77. The van der Waals surface area contributed by atoms with Gasteiger partial charge in [-0.25, -0.2) is 4.79 Å². The quantitative estimate of drug-likeness (QED) is 0.571.